The molecule has 0 spiro atoms. The Labute approximate surface area is 117 Å². The number of anilines is 1. The molecule has 1 rings (SSSR count). The average Bonchev–Trinajstić information content (AvgIpc) is 2.44. The molecule has 6 heteroatoms. The van der Waals surface area contributed by atoms with E-state index in [9.17, 15) is 9.59 Å². The molecule has 0 fully saturated rings. The van der Waals surface area contributed by atoms with Gasteiger partial charge in [-0.05, 0) is 18.1 Å². The highest BCUT2D eigenvalue weighted by Crippen LogP contribution is 2.24. The van der Waals surface area contributed by atoms with Crippen molar-refractivity contribution in [1.82, 2.24) is 0 Å². The number of carbonyl (C=O) groups excluding carboxylic acids is 1. The van der Waals surface area contributed by atoms with Crippen molar-refractivity contribution in [1.29, 1.82) is 0 Å². The number of nitrogens with one attached hydrogen (secondary N) is 1. The molecule has 2 atom stereocenters. The minimum Gasteiger partial charge on any atom is -0.480 e. The Balaban J connectivity index is 2.76. The molecule has 20 heavy (non-hydrogen) atoms. The van der Waals surface area contributed by atoms with E-state index in [0.29, 0.717) is 11.4 Å². The Morgan fingerprint density at radius 1 is 1.40 bits per heavy atom. The van der Waals surface area contributed by atoms with Gasteiger partial charge in [0.05, 0.1) is 11.7 Å². The number of carbonyl (C=O) groups is 2. The Morgan fingerprint density at radius 2 is 2.05 bits per heavy atom. The molecule has 0 saturated carbocycles. The van der Waals surface area contributed by atoms with Gasteiger partial charge in [0.2, 0.25) is 5.91 Å². The SMILES string of the molecule is CC[C@H](C)[C@H](N)C(=O)Nc1ccccc1OCC(=O)O. The molecule has 0 aromatic heterocycles. The number of para-hydroxylation sites is 2. The van der Waals surface area contributed by atoms with Crippen LogP contribution in [0, 0.1) is 5.92 Å². The number of rotatable bonds is 7. The molecular formula is C14H20N2O4. The van der Waals surface area contributed by atoms with Crippen LogP contribution in [0.1, 0.15) is 20.3 Å². The van der Waals surface area contributed by atoms with Crippen molar-refractivity contribution in [3.8, 4) is 5.75 Å². The first-order valence-corrected chi connectivity index (χ1v) is 6.45. The van der Waals surface area contributed by atoms with Crippen LogP contribution in [-0.2, 0) is 9.59 Å². The van der Waals surface area contributed by atoms with Crippen molar-refractivity contribution in [2.75, 3.05) is 11.9 Å². The molecule has 4 N–H and O–H groups in total. The maximum atomic E-state index is 12.0. The van der Waals surface area contributed by atoms with Crippen LogP contribution in [0.5, 0.6) is 5.75 Å². The zero-order valence-corrected chi connectivity index (χ0v) is 11.6. The number of hydrogen-bond acceptors (Lipinski definition) is 4. The smallest absolute Gasteiger partial charge is 0.341 e. The fourth-order valence-corrected chi connectivity index (χ4v) is 1.56. The van der Waals surface area contributed by atoms with Gasteiger partial charge in [-0.1, -0.05) is 32.4 Å². The lowest BCUT2D eigenvalue weighted by Crippen LogP contribution is -2.40. The van der Waals surface area contributed by atoms with E-state index in [0.717, 1.165) is 6.42 Å². The molecule has 0 aliphatic heterocycles. The third kappa shape index (κ3) is 4.55. The molecule has 110 valence electrons. The Morgan fingerprint density at radius 3 is 2.65 bits per heavy atom. The van der Waals surface area contributed by atoms with Gasteiger partial charge in [0, 0.05) is 0 Å². The first-order valence-electron chi connectivity index (χ1n) is 6.45. The molecule has 0 unspecified atom stereocenters. The van der Waals surface area contributed by atoms with Gasteiger partial charge < -0.3 is 20.9 Å². The van der Waals surface area contributed by atoms with Crippen molar-refractivity contribution in [3.05, 3.63) is 24.3 Å². The molecule has 0 bridgehead atoms. The minimum absolute atomic E-state index is 0.0575. The first kappa shape index (κ1) is 16.0. The number of benzene rings is 1. The average molecular weight is 280 g/mol. The van der Waals surface area contributed by atoms with Gasteiger partial charge in [-0.15, -0.1) is 0 Å². The topological polar surface area (TPSA) is 102 Å². The van der Waals surface area contributed by atoms with Crippen LogP contribution in [0.3, 0.4) is 0 Å². The summed E-state index contributed by atoms with van der Waals surface area (Å²) in [7, 11) is 0. The molecule has 6 nitrogen and oxygen atoms in total. The standard InChI is InChI=1S/C14H20N2O4/c1-3-9(2)13(15)14(19)16-10-6-4-5-7-11(10)20-8-12(17)18/h4-7,9,13H,3,8,15H2,1-2H3,(H,16,19)(H,17,18)/t9-,13-/m0/s1. The number of carboxylic acid groups (broad SMARTS) is 1. The predicted molar refractivity (Wildman–Crippen MR) is 75.6 cm³/mol. The summed E-state index contributed by atoms with van der Waals surface area (Å²) in [4.78, 5) is 22.5. The van der Waals surface area contributed by atoms with E-state index < -0.39 is 18.6 Å². The van der Waals surface area contributed by atoms with Crippen LogP contribution in [-0.4, -0.2) is 29.6 Å². The summed E-state index contributed by atoms with van der Waals surface area (Å²) in [5.74, 6) is -1.03. The van der Waals surface area contributed by atoms with E-state index in [1.807, 2.05) is 13.8 Å². The quantitative estimate of drug-likeness (QED) is 0.702. The van der Waals surface area contributed by atoms with Crippen LogP contribution in [0.25, 0.3) is 0 Å². The minimum atomic E-state index is -1.08. The number of hydrogen-bond donors (Lipinski definition) is 3. The van der Waals surface area contributed by atoms with Crippen molar-refractivity contribution in [3.63, 3.8) is 0 Å². The van der Waals surface area contributed by atoms with E-state index in [-0.39, 0.29) is 11.8 Å². The number of ether oxygens (including phenoxy) is 1. The van der Waals surface area contributed by atoms with E-state index >= 15 is 0 Å². The summed E-state index contributed by atoms with van der Waals surface area (Å²) in [5, 5.41) is 11.3. The third-order valence-corrected chi connectivity index (χ3v) is 3.06. The Hall–Kier alpha value is -2.08. The summed E-state index contributed by atoms with van der Waals surface area (Å²) in [6.45, 7) is 3.39. The second-order valence-electron chi connectivity index (χ2n) is 4.58. The summed E-state index contributed by atoms with van der Waals surface area (Å²) in [6.07, 6.45) is 0.797. The van der Waals surface area contributed by atoms with E-state index in [4.69, 9.17) is 15.6 Å². The molecule has 0 aliphatic rings. The molecule has 0 heterocycles. The monoisotopic (exact) mass is 280 g/mol. The van der Waals surface area contributed by atoms with Gasteiger partial charge in [0.25, 0.3) is 0 Å². The van der Waals surface area contributed by atoms with Crippen molar-refractivity contribution in [2.45, 2.75) is 26.3 Å². The molecular weight excluding hydrogens is 260 g/mol. The van der Waals surface area contributed by atoms with Gasteiger partial charge in [-0.2, -0.15) is 0 Å². The van der Waals surface area contributed by atoms with Crippen molar-refractivity contribution < 1.29 is 19.4 Å². The molecule has 1 aromatic carbocycles. The first-order chi connectivity index (χ1) is 9.45. The zero-order valence-electron chi connectivity index (χ0n) is 11.6. The maximum Gasteiger partial charge on any atom is 0.341 e. The molecule has 1 amide bonds. The maximum absolute atomic E-state index is 12.0. The molecule has 1 aromatic rings. The summed E-state index contributed by atoms with van der Waals surface area (Å²) >= 11 is 0. The zero-order chi connectivity index (χ0) is 15.1. The Bertz CT molecular complexity index is 476. The number of nitrogens with two attached hydrogens (primary N) is 1. The summed E-state index contributed by atoms with van der Waals surface area (Å²) < 4.78 is 5.11. The fraction of sp³-hybridized carbons (Fsp3) is 0.429. The van der Waals surface area contributed by atoms with Gasteiger partial charge in [-0.25, -0.2) is 4.79 Å². The van der Waals surface area contributed by atoms with E-state index in [1.165, 1.54) is 0 Å². The van der Waals surface area contributed by atoms with Crippen LogP contribution < -0.4 is 15.8 Å². The van der Waals surface area contributed by atoms with E-state index in [2.05, 4.69) is 5.32 Å². The number of amides is 1. The number of carboxylic acids is 1. The predicted octanol–water partition coefficient (Wildman–Crippen LogP) is 1.46. The van der Waals surface area contributed by atoms with Gasteiger partial charge >= 0.3 is 5.97 Å². The number of aliphatic carboxylic acids is 1. The van der Waals surface area contributed by atoms with Crippen LogP contribution >= 0.6 is 0 Å². The highest BCUT2D eigenvalue weighted by molar-refractivity contribution is 5.96. The lowest BCUT2D eigenvalue weighted by Gasteiger charge is -2.18. The Kier molecular flexibility index (Phi) is 5.99. The molecule has 0 aliphatic carbocycles. The normalized spacial score (nSPS) is 13.3. The molecule has 0 saturated heterocycles. The summed E-state index contributed by atoms with van der Waals surface area (Å²) in [5.41, 5.74) is 6.26. The van der Waals surface area contributed by atoms with Crippen molar-refractivity contribution in [2.24, 2.45) is 11.7 Å². The van der Waals surface area contributed by atoms with Crippen molar-refractivity contribution >= 4 is 17.6 Å². The lowest BCUT2D eigenvalue weighted by molar-refractivity contribution is -0.139. The summed E-state index contributed by atoms with van der Waals surface area (Å²) in [6, 6.07) is 6.03. The highest BCUT2D eigenvalue weighted by Gasteiger charge is 2.20. The van der Waals surface area contributed by atoms with Crippen LogP contribution in [0.2, 0.25) is 0 Å². The third-order valence-electron chi connectivity index (χ3n) is 3.06. The lowest BCUT2D eigenvalue weighted by atomic mass is 9.99. The van der Waals surface area contributed by atoms with Gasteiger partial charge in [-0.3, -0.25) is 4.79 Å². The van der Waals surface area contributed by atoms with Gasteiger partial charge in [0.1, 0.15) is 5.75 Å². The fourth-order valence-electron chi connectivity index (χ4n) is 1.56. The van der Waals surface area contributed by atoms with Gasteiger partial charge in [0.15, 0.2) is 6.61 Å². The second kappa shape index (κ2) is 7.49. The van der Waals surface area contributed by atoms with E-state index in [1.54, 1.807) is 24.3 Å². The second-order valence-corrected chi connectivity index (χ2v) is 4.58. The van der Waals surface area contributed by atoms with Crippen LogP contribution in [0.4, 0.5) is 5.69 Å². The molecule has 0 radical (unpaired) electrons. The van der Waals surface area contributed by atoms with Crippen LogP contribution in [0.15, 0.2) is 24.3 Å². The largest absolute Gasteiger partial charge is 0.480 e. The highest BCUT2D eigenvalue weighted by atomic mass is 16.5.